The minimum Gasteiger partial charge on any atom is -0.368 e. The van der Waals surface area contributed by atoms with Gasteiger partial charge in [-0.2, -0.15) is 0 Å². The van der Waals surface area contributed by atoms with Gasteiger partial charge in [-0.3, -0.25) is 4.79 Å². The zero-order valence-electron chi connectivity index (χ0n) is 6.13. The molecule has 64 valence electrons. The van der Waals surface area contributed by atoms with Crippen LogP contribution in [0.2, 0.25) is 5.02 Å². The molecule has 1 aromatic carbocycles. The topological polar surface area (TPSA) is 43.1 Å². The normalized spacial score (nSPS) is 12.5. The molecule has 2 N–H and O–H groups in total. The van der Waals surface area contributed by atoms with Crippen molar-refractivity contribution >= 4 is 29.1 Å². The molecular formula is C8H7Cl2NO. The van der Waals surface area contributed by atoms with E-state index in [9.17, 15) is 4.79 Å². The van der Waals surface area contributed by atoms with Gasteiger partial charge in [-0.1, -0.05) is 23.7 Å². The maximum Gasteiger partial charge on any atom is 0.240 e. The fourth-order valence-corrected chi connectivity index (χ4v) is 1.07. The van der Waals surface area contributed by atoms with Gasteiger partial charge in [0.1, 0.15) is 5.38 Å². The molecule has 0 aliphatic rings. The fraction of sp³-hybridized carbons (Fsp3) is 0.125. The lowest BCUT2D eigenvalue weighted by Crippen LogP contribution is -2.16. The highest BCUT2D eigenvalue weighted by atomic mass is 35.5. The zero-order chi connectivity index (χ0) is 9.14. The van der Waals surface area contributed by atoms with Gasteiger partial charge in [0, 0.05) is 5.02 Å². The van der Waals surface area contributed by atoms with Gasteiger partial charge in [0.05, 0.1) is 0 Å². The molecule has 1 atom stereocenters. The molecule has 0 aromatic heterocycles. The van der Waals surface area contributed by atoms with Crippen LogP contribution in [0, 0.1) is 0 Å². The number of hydrogen-bond donors (Lipinski definition) is 1. The predicted octanol–water partition coefficient (Wildman–Crippen LogP) is 2.11. The van der Waals surface area contributed by atoms with Gasteiger partial charge in [0.2, 0.25) is 5.91 Å². The van der Waals surface area contributed by atoms with Crippen LogP contribution in [0.3, 0.4) is 0 Å². The predicted molar refractivity (Wildman–Crippen MR) is 49.2 cm³/mol. The molecule has 1 unspecified atom stereocenters. The molecule has 0 saturated carbocycles. The Morgan fingerprint density at radius 3 is 2.25 bits per heavy atom. The number of carbonyl (C=O) groups excluding carboxylic acids is 1. The second kappa shape index (κ2) is 3.78. The van der Waals surface area contributed by atoms with E-state index in [0.717, 1.165) is 0 Å². The number of halogens is 2. The number of hydrogen-bond acceptors (Lipinski definition) is 1. The van der Waals surface area contributed by atoms with Crippen LogP contribution in [-0.4, -0.2) is 5.91 Å². The molecule has 12 heavy (non-hydrogen) atoms. The largest absolute Gasteiger partial charge is 0.368 e. The summed E-state index contributed by atoms with van der Waals surface area (Å²) in [6.07, 6.45) is 0. The smallest absolute Gasteiger partial charge is 0.240 e. The summed E-state index contributed by atoms with van der Waals surface area (Å²) in [5, 5.41) is -0.172. The Morgan fingerprint density at radius 1 is 1.33 bits per heavy atom. The highest BCUT2D eigenvalue weighted by molar-refractivity contribution is 6.31. The molecule has 0 radical (unpaired) electrons. The Labute approximate surface area is 80.3 Å². The van der Waals surface area contributed by atoms with Crippen LogP contribution in [0.1, 0.15) is 10.9 Å². The van der Waals surface area contributed by atoms with E-state index in [0.29, 0.717) is 10.6 Å². The van der Waals surface area contributed by atoms with Gasteiger partial charge in [0.25, 0.3) is 0 Å². The standard InChI is InChI=1S/C8H7Cl2NO/c9-6-3-1-5(2-4-6)7(10)8(11)12/h1-4,7H,(H2,11,12). The van der Waals surface area contributed by atoms with Crippen molar-refractivity contribution in [1.29, 1.82) is 0 Å². The minimum absolute atomic E-state index is 0.556. The average Bonchev–Trinajstić information content (AvgIpc) is 2.04. The van der Waals surface area contributed by atoms with Gasteiger partial charge in [0.15, 0.2) is 0 Å². The molecule has 0 aliphatic heterocycles. The number of carbonyl (C=O) groups is 1. The summed E-state index contributed by atoms with van der Waals surface area (Å²) in [6.45, 7) is 0. The Balaban J connectivity index is 2.89. The first kappa shape index (κ1) is 9.36. The highest BCUT2D eigenvalue weighted by Gasteiger charge is 2.12. The fourth-order valence-electron chi connectivity index (χ4n) is 0.796. The Morgan fingerprint density at radius 2 is 1.83 bits per heavy atom. The van der Waals surface area contributed by atoms with Crippen LogP contribution in [0.4, 0.5) is 0 Å². The second-order valence-electron chi connectivity index (χ2n) is 2.32. The van der Waals surface area contributed by atoms with Crippen molar-refractivity contribution in [3.63, 3.8) is 0 Å². The van der Waals surface area contributed by atoms with E-state index < -0.39 is 11.3 Å². The Kier molecular flexibility index (Phi) is 2.95. The summed E-state index contributed by atoms with van der Waals surface area (Å²) in [5.41, 5.74) is 5.66. The van der Waals surface area contributed by atoms with Gasteiger partial charge in [-0.05, 0) is 17.7 Å². The lowest BCUT2D eigenvalue weighted by molar-refractivity contribution is -0.117. The quantitative estimate of drug-likeness (QED) is 0.736. The van der Waals surface area contributed by atoms with Crippen LogP contribution in [0.25, 0.3) is 0 Å². The first-order chi connectivity index (χ1) is 5.61. The number of rotatable bonds is 2. The summed E-state index contributed by atoms with van der Waals surface area (Å²) < 4.78 is 0. The van der Waals surface area contributed by atoms with E-state index in [1.54, 1.807) is 24.3 Å². The summed E-state index contributed by atoms with van der Waals surface area (Å²) in [7, 11) is 0. The SMILES string of the molecule is NC(=O)C(Cl)c1ccc(Cl)cc1. The second-order valence-corrected chi connectivity index (χ2v) is 3.19. The molecule has 0 spiro atoms. The van der Waals surface area contributed by atoms with Crippen molar-refractivity contribution in [3.8, 4) is 0 Å². The number of benzene rings is 1. The number of primary amides is 1. The Bertz CT molecular complexity index is 284. The van der Waals surface area contributed by atoms with Crippen LogP contribution < -0.4 is 5.73 Å². The molecule has 0 bridgehead atoms. The molecule has 1 aromatic rings. The average molecular weight is 204 g/mol. The van der Waals surface area contributed by atoms with Crippen LogP contribution in [-0.2, 0) is 4.79 Å². The summed E-state index contributed by atoms with van der Waals surface area (Å²) in [6, 6.07) is 6.67. The molecule has 1 rings (SSSR count). The number of alkyl halides is 1. The van der Waals surface area contributed by atoms with Crippen LogP contribution in [0.5, 0.6) is 0 Å². The number of nitrogens with two attached hydrogens (primary N) is 1. The van der Waals surface area contributed by atoms with Crippen LogP contribution in [0.15, 0.2) is 24.3 Å². The summed E-state index contributed by atoms with van der Waals surface area (Å²) in [5.74, 6) is -0.556. The first-order valence-electron chi connectivity index (χ1n) is 3.30. The van der Waals surface area contributed by atoms with Crippen molar-refractivity contribution in [1.82, 2.24) is 0 Å². The van der Waals surface area contributed by atoms with Gasteiger partial charge in [-0.25, -0.2) is 0 Å². The molecule has 0 fully saturated rings. The van der Waals surface area contributed by atoms with Crippen molar-refractivity contribution in [2.45, 2.75) is 5.38 Å². The molecule has 0 saturated heterocycles. The van der Waals surface area contributed by atoms with E-state index in [-0.39, 0.29) is 0 Å². The van der Waals surface area contributed by atoms with E-state index >= 15 is 0 Å². The summed E-state index contributed by atoms with van der Waals surface area (Å²) in [4.78, 5) is 10.6. The monoisotopic (exact) mass is 203 g/mol. The summed E-state index contributed by atoms with van der Waals surface area (Å²) >= 11 is 11.3. The lowest BCUT2D eigenvalue weighted by Gasteiger charge is -2.04. The van der Waals surface area contributed by atoms with E-state index in [1.165, 1.54) is 0 Å². The van der Waals surface area contributed by atoms with Gasteiger partial charge >= 0.3 is 0 Å². The highest BCUT2D eigenvalue weighted by Crippen LogP contribution is 2.21. The zero-order valence-corrected chi connectivity index (χ0v) is 7.64. The Hall–Kier alpha value is -0.730. The molecule has 4 heteroatoms. The first-order valence-corrected chi connectivity index (χ1v) is 4.11. The molecular weight excluding hydrogens is 197 g/mol. The van der Waals surface area contributed by atoms with Crippen molar-refractivity contribution in [2.24, 2.45) is 5.73 Å². The maximum atomic E-state index is 10.6. The lowest BCUT2D eigenvalue weighted by atomic mass is 10.1. The molecule has 0 aliphatic carbocycles. The molecule has 0 heterocycles. The molecule has 2 nitrogen and oxygen atoms in total. The molecule has 1 amide bonds. The van der Waals surface area contributed by atoms with Crippen molar-refractivity contribution < 1.29 is 4.79 Å². The third kappa shape index (κ3) is 2.13. The van der Waals surface area contributed by atoms with Gasteiger partial charge < -0.3 is 5.73 Å². The third-order valence-electron chi connectivity index (χ3n) is 1.41. The van der Waals surface area contributed by atoms with Crippen LogP contribution >= 0.6 is 23.2 Å². The van der Waals surface area contributed by atoms with E-state index in [4.69, 9.17) is 28.9 Å². The van der Waals surface area contributed by atoms with Crippen molar-refractivity contribution in [3.05, 3.63) is 34.9 Å². The van der Waals surface area contributed by atoms with E-state index in [2.05, 4.69) is 0 Å². The number of amides is 1. The third-order valence-corrected chi connectivity index (χ3v) is 2.13. The minimum atomic E-state index is -0.776. The maximum absolute atomic E-state index is 10.6. The van der Waals surface area contributed by atoms with Crippen molar-refractivity contribution in [2.75, 3.05) is 0 Å². The van der Waals surface area contributed by atoms with E-state index in [1.807, 2.05) is 0 Å². The van der Waals surface area contributed by atoms with Gasteiger partial charge in [-0.15, -0.1) is 11.6 Å².